The van der Waals surface area contributed by atoms with Crippen molar-refractivity contribution in [3.8, 4) is 0 Å². The van der Waals surface area contributed by atoms with Gasteiger partial charge in [0.05, 0.1) is 11.9 Å². The maximum atomic E-state index is 11.2. The Bertz CT molecular complexity index is 655. The molecule has 6 heteroatoms. The first-order valence-electron chi connectivity index (χ1n) is 6.20. The number of aliphatic carboxylic acids is 2. The zero-order chi connectivity index (χ0) is 15.7. The Morgan fingerprint density at radius 1 is 1.10 bits per heavy atom. The van der Waals surface area contributed by atoms with Crippen molar-refractivity contribution in [2.45, 2.75) is 20.3 Å². The maximum Gasteiger partial charge on any atom is 0.0695 e. The largest absolute Gasteiger partial charge is 0.545 e. The van der Waals surface area contributed by atoms with Crippen LogP contribution in [-0.4, -0.2) is 11.9 Å². The molecule has 0 spiro atoms. The highest BCUT2D eigenvalue weighted by atomic mass is 35.5. The van der Waals surface area contributed by atoms with E-state index >= 15 is 0 Å². The fourth-order valence-electron chi connectivity index (χ4n) is 2.40. The van der Waals surface area contributed by atoms with E-state index in [1.807, 2.05) is 0 Å². The highest BCUT2D eigenvalue weighted by Gasteiger charge is 2.25. The minimum absolute atomic E-state index is 0.0835. The van der Waals surface area contributed by atoms with Crippen molar-refractivity contribution in [1.29, 1.82) is 0 Å². The number of nitrogens with zero attached hydrogens (tertiary/aromatic N) is 1. The Balaban J connectivity index is 2.65. The number of hydrogen-bond donors (Lipinski definition) is 0. The molecule has 1 aliphatic heterocycles. The zero-order valence-corrected chi connectivity index (χ0v) is 12.2. The lowest BCUT2D eigenvalue weighted by molar-refractivity contribution is -0.300. The summed E-state index contributed by atoms with van der Waals surface area (Å²) >= 11 is 5.94. The van der Waals surface area contributed by atoms with Crippen molar-refractivity contribution < 1.29 is 19.8 Å². The lowest BCUT2D eigenvalue weighted by atomic mass is 9.96. The van der Waals surface area contributed by atoms with Crippen LogP contribution in [0.25, 0.3) is 0 Å². The lowest BCUT2D eigenvalue weighted by Gasteiger charge is -2.35. The summed E-state index contributed by atoms with van der Waals surface area (Å²) in [6, 6.07) is 6.71. The van der Waals surface area contributed by atoms with Crippen molar-refractivity contribution in [3.05, 3.63) is 51.8 Å². The Kier molecular flexibility index (Phi) is 4.04. The number of carbonyl (C=O) groups is 2. The molecule has 0 N–H and O–H groups in total. The number of carbonyl (C=O) groups excluding carboxylic acids is 2. The predicted octanol–water partition coefficient (Wildman–Crippen LogP) is 0.598. The molecule has 0 radical (unpaired) electrons. The van der Waals surface area contributed by atoms with Crippen molar-refractivity contribution >= 4 is 29.2 Å². The van der Waals surface area contributed by atoms with Gasteiger partial charge in [-0.05, 0) is 43.2 Å². The molecule has 0 unspecified atom stereocenters. The second-order valence-electron chi connectivity index (χ2n) is 4.69. The second-order valence-corrected chi connectivity index (χ2v) is 5.13. The standard InChI is InChI=1S/C15H14ClNO4/c1-8-12(14(18)19)7-13(15(20)21)9(2)17(8)11-5-3-4-10(16)6-11/h3-6H,7H2,1-2H3,(H,18,19)(H,20,21)/p-2. The third-order valence-electron chi connectivity index (χ3n) is 3.46. The van der Waals surface area contributed by atoms with Crippen molar-refractivity contribution in [2.24, 2.45) is 0 Å². The van der Waals surface area contributed by atoms with Gasteiger partial charge in [0.1, 0.15) is 0 Å². The normalized spacial score (nSPS) is 15.5. The van der Waals surface area contributed by atoms with E-state index in [4.69, 9.17) is 11.6 Å². The van der Waals surface area contributed by atoms with Crippen LogP contribution in [0.1, 0.15) is 20.3 Å². The maximum absolute atomic E-state index is 11.2. The average molecular weight is 306 g/mol. The third kappa shape index (κ3) is 2.78. The summed E-state index contributed by atoms with van der Waals surface area (Å²) in [5.41, 5.74) is 1.22. The van der Waals surface area contributed by atoms with E-state index in [0.717, 1.165) is 0 Å². The van der Waals surface area contributed by atoms with Gasteiger partial charge in [0.15, 0.2) is 0 Å². The van der Waals surface area contributed by atoms with Crippen LogP contribution in [0.2, 0.25) is 5.02 Å². The Morgan fingerprint density at radius 3 is 2.05 bits per heavy atom. The van der Waals surface area contributed by atoms with Gasteiger partial charge in [-0.25, -0.2) is 0 Å². The minimum Gasteiger partial charge on any atom is -0.545 e. The molecule has 110 valence electrons. The number of rotatable bonds is 3. The monoisotopic (exact) mass is 305 g/mol. The number of anilines is 1. The number of carboxylic acids is 2. The minimum atomic E-state index is -1.40. The lowest BCUT2D eigenvalue weighted by Crippen LogP contribution is -2.37. The number of carboxylic acid groups (broad SMARTS) is 2. The molecule has 0 saturated carbocycles. The summed E-state index contributed by atoms with van der Waals surface area (Å²) in [5, 5.41) is 22.9. The molecule has 0 saturated heterocycles. The highest BCUT2D eigenvalue weighted by molar-refractivity contribution is 6.30. The zero-order valence-electron chi connectivity index (χ0n) is 11.5. The number of hydrogen-bond acceptors (Lipinski definition) is 5. The van der Waals surface area contributed by atoms with Gasteiger partial charge in [0.2, 0.25) is 0 Å². The predicted molar refractivity (Wildman–Crippen MR) is 74.0 cm³/mol. The van der Waals surface area contributed by atoms with E-state index in [1.54, 1.807) is 38.1 Å². The summed E-state index contributed by atoms with van der Waals surface area (Å²) in [7, 11) is 0. The molecule has 21 heavy (non-hydrogen) atoms. The Hall–Kier alpha value is -2.27. The molecule has 5 nitrogen and oxygen atoms in total. The van der Waals surface area contributed by atoms with Gasteiger partial charge in [0.25, 0.3) is 0 Å². The van der Waals surface area contributed by atoms with E-state index in [-0.39, 0.29) is 17.6 Å². The van der Waals surface area contributed by atoms with Crippen LogP contribution in [-0.2, 0) is 9.59 Å². The van der Waals surface area contributed by atoms with Gasteiger partial charge in [0, 0.05) is 28.5 Å². The van der Waals surface area contributed by atoms with Crippen LogP contribution >= 0.6 is 11.6 Å². The van der Waals surface area contributed by atoms with Crippen LogP contribution in [0.3, 0.4) is 0 Å². The van der Waals surface area contributed by atoms with E-state index < -0.39 is 11.9 Å². The second kappa shape index (κ2) is 5.61. The first-order chi connectivity index (χ1) is 9.82. The van der Waals surface area contributed by atoms with Gasteiger partial charge < -0.3 is 24.7 Å². The smallest absolute Gasteiger partial charge is 0.0695 e. The molecule has 0 amide bonds. The van der Waals surface area contributed by atoms with Crippen molar-refractivity contribution in [1.82, 2.24) is 0 Å². The highest BCUT2D eigenvalue weighted by Crippen LogP contribution is 2.35. The SMILES string of the molecule is CC1=C(C(=O)[O-])CC(C(=O)[O-])=C(C)N1c1cccc(Cl)c1. The molecule has 1 aromatic carbocycles. The molecule has 2 rings (SSSR count). The molecule has 0 fully saturated rings. The van der Waals surface area contributed by atoms with Gasteiger partial charge >= 0.3 is 0 Å². The van der Waals surface area contributed by atoms with Gasteiger partial charge in [-0.2, -0.15) is 0 Å². The summed E-state index contributed by atoms with van der Waals surface area (Å²) in [5.74, 6) is -2.79. The first-order valence-corrected chi connectivity index (χ1v) is 6.58. The van der Waals surface area contributed by atoms with Gasteiger partial charge in [-0.15, -0.1) is 0 Å². The van der Waals surface area contributed by atoms with Crippen LogP contribution in [0.5, 0.6) is 0 Å². The molecule has 1 heterocycles. The van der Waals surface area contributed by atoms with Gasteiger partial charge in [-0.1, -0.05) is 17.7 Å². The number of benzene rings is 1. The van der Waals surface area contributed by atoms with Crippen LogP contribution in [0, 0.1) is 0 Å². The van der Waals surface area contributed by atoms with Gasteiger partial charge in [-0.3, -0.25) is 0 Å². The summed E-state index contributed by atoms with van der Waals surface area (Å²) < 4.78 is 0. The third-order valence-corrected chi connectivity index (χ3v) is 3.69. The number of allylic oxidation sites excluding steroid dienone is 2. The quantitative estimate of drug-likeness (QED) is 0.816. The van der Waals surface area contributed by atoms with E-state index in [0.29, 0.717) is 22.1 Å². The molecular formula is C15H12ClNO4-2. The van der Waals surface area contributed by atoms with E-state index in [2.05, 4.69) is 0 Å². The summed E-state index contributed by atoms with van der Waals surface area (Å²) in [6.45, 7) is 3.20. The molecule has 0 atom stereocenters. The van der Waals surface area contributed by atoms with E-state index in [9.17, 15) is 19.8 Å². The first kappa shape index (κ1) is 15.1. The fourth-order valence-corrected chi connectivity index (χ4v) is 2.58. The molecule has 0 aliphatic carbocycles. The molecule has 1 aliphatic rings. The van der Waals surface area contributed by atoms with E-state index in [1.165, 1.54) is 4.90 Å². The fraction of sp³-hybridized carbons (Fsp3) is 0.200. The van der Waals surface area contributed by atoms with Crippen molar-refractivity contribution in [3.63, 3.8) is 0 Å². The molecule has 0 bridgehead atoms. The average Bonchev–Trinajstić information content (AvgIpc) is 2.38. The topological polar surface area (TPSA) is 83.5 Å². The van der Waals surface area contributed by atoms with Crippen LogP contribution in [0.4, 0.5) is 5.69 Å². The van der Waals surface area contributed by atoms with Crippen LogP contribution < -0.4 is 15.1 Å². The Labute approximate surface area is 126 Å². The summed E-state index contributed by atoms with van der Waals surface area (Å²) in [4.78, 5) is 24.0. The summed E-state index contributed by atoms with van der Waals surface area (Å²) in [6.07, 6.45) is -0.223. The number of halogens is 1. The molecule has 1 aromatic rings. The van der Waals surface area contributed by atoms with Crippen molar-refractivity contribution in [2.75, 3.05) is 4.90 Å². The molecule has 0 aromatic heterocycles. The molecular weight excluding hydrogens is 294 g/mol. The Morgan fingerprint density at radius 2 is 1.62 bits per heavy atom. The van der Waals surface area contributed by atoms with Crippen LogP contribution in [0.15, 0.2) is 46.8 Å².